The van der Waals surface area contributed by atoms with Crippen LogP contribution in [-0.2, 0) is 23.9 Å². The first-order chi connectivity index (χ1) is 30.2. The fourth-order valence-electron chi connectivity index (χ4n) is 6.46. The molecule has 0 aliphatic heterocycles. The maximum atomic E-state index is 12.4. The van der Waals surface area contributed by atoms with E-state index in [9.17, 15) is 14.4 Å². The number of nitrogens with one attached hydrogen (secondary N) is 1. The number of rotatable bonds is 42. The first-order valence-corrected chi connectivity index (χ1v) is 26.2. The number of unbranched alkanes of at least 4 members (excludes halogenated alkanes) is 19. The number of hydrogen-bond acceptors (Lipinski definition) is 7. The largest absolute Gasteiger partial charge is 0.466 e. The summed E-state index contributed by atoms with van der Waals surface area (Å²) in [7, 11) is 0. The molecule has 0 aromatic rings. The summed E-state index contributed by atoms with van der Waals surface area (Å²) in [5, 5.41) is 3.00. The van der Waals surface area contributed by atoms with Crippen LogP contribution in [0.15, 0.2) is 36.5 Å². The molecule has 0 radical (unpaired) electrons. The van der Waals surface area contributed by atoms with E-state index in [1.54, 1.807) is 0 Å². The number of amides is 1. The first kappa shape index (κ1) is 63.8. The zero-order valence-electron chi connectivity index (χ0n) is 42.3. The molecule has 0 fully saturated rings. The highest BCUT2D eigenvalue weighted by Crippen LogP contribution is 2.12. The molecule has 0 saturated carbocycles. The molecule has 0 aromatic heterocycles. The molecule has 0 aromatic carbocycles. The van der Waals surface area contributed by atoms with Gasteiger partial charge in [0.25, 0.3) is 0 Å². The molecule has 0 saturated heterocycles. The van der Waals surface area contributed by atoms with Gasteiger partial charge in [0, 0.05) is 45.4 Å². The molecule has 0 rings (SSSR count). The van der Waals surface area contributed by atoms with Gasteiger partial charge in [0.05, 0.1) is 6.61 Å². The minimum atomic E-state index is -0.138. The molecule has 1 amide bonds. The van der Waals surface area contributed by atoms with E-state index in [-0.39, 0.29) is 17.8 Å². The maximum Gasteiger partial charge on any atom is 0.305 e. The van der Waals surface area contributed by atoms with Gasteiger partial charge in [-0.15, -0.1) is 0 Å². The lowest BCUT2D eigenvalue weighted by Crippen LogP contribution is -2.38. The Hall–Kier alpha value is -2.45. The van der Waals surface area contributed by atoms with Gasteiger partial charge < -0.3 is 20.5 Å². The molecular formula is C54H105N3O5. The Morgan fingerprint density at radius 3 is 1.39 bits per heavy atom. The maximum absolute atomic E-state index is 12.4. The van der Waals surface area contributed by atoms with Crippen molar-refractivity contribution in [2.75, 3.05) is 45.9 Å². The number of allylic oxidation sites excluding steroid dienone is 6. The van der Waals surface area contributed by atoms with E-state index >= 15 is 0 Å². The van der Waals surface area contributed by atoms with E-state index in [2.05, 4.69) is 81.3 Å². The fourth-order valence-corrected chi connectivity index (χ4v) is 6.46. The van der Waals surface area contributed by atoms with Gasteiger partial charge in [0.2, 0.25) is 5.91 Å². The number of nitrogens with two attached hydrogens (primary N) is 1. The van der Waals surface area contributed by atoms with Crippen LogP contribution in [0.25, 0.3) is 0 Å². The van der Waals surface area contributed by atoms with Crippen molar-refractivity contribution < 1.29 is 23.9 Å². The smallest absolute Gasteiger partial charge is 0.305 e. The second-order valence-corrected chi connectivity index (χ2v) is 17.4. The number of esters is 2. The summed E-state index contributed by atoms with van der Waals surface area (Å²) in [4.78, 5) is 39.0. The van der Waals surface area contributed by atoms with E-state index in [1.807, 2.05) is 13.8 Å². The van der Waals surface area contributed by atoms with Gasteiger partial charge in [-0.25, -0.2) is 0 Å². The standard InChI is InChI=1S/C48H88N2O5.C3H9N.C3H8/c1-5-7-9-11-13-15-17-19-21-23-25-27-29-31-33-36-47(52)54-42-35-39-50(40-38-49-46(51)44-45(3)4)41-43-55-48(53)37-34-32-30-28-26-24-22-20-18-16-14-12-10-8-6-2;1-2-3-4;1-3-2/h14,16,19-22,45H,5-13,15,17-18,23-44H2,1-4H3,(H,49,51);2-4H2,1H3;3H2,1-2H3/b16-14-,21-19-,22-20-;;. The first-order valence-electron chi connectivity index (χ1n) is 26.2. The van der Waals surface area contributed by atoms with Crippen molar-refractivity contribution in [3.05, 3.63) is 36.5 Å². The quantitative estimate of drug-likeness (QED) is 0.0357. The monoisotopic (exact) mass is 876 g/mol. The summed E-state index contributed by atoms with van der Waals surface area (Å²) < 4.78 is 11.1. The molecule has 3 N–H and O–H groups in total. The van der Waals surface area contributed by atoms with Crippen LogP contribution in [0.5, 0.6) is 0 Å². The summed E-state index contributed by atoms with van der Waals surface area (Å²) in [6.07, 6.45) is 47.2. The van der Waals surface area contributed by atoms with Gasteiger partial charge in [-0.2, -0.15) is 0 Å². The molecule has 0 unspecified atom stereocenters. The number of nitrogens with zero attached hydrogens (tertiary/aromatic N) is 1. The van der Waals surface area contributed by atoms with Crippen LogP contribution >= 0.6 is 0 Å². The van der Waals surface area contributed by atoms with E-state index in [0.29, 0.717) is 71.0 Å². The molecule has 0 spiro atoms. The fraction of sp³-hybridized carbons (Fsp3) is 0.833. The Labute approximate surface area is 385 Å². The van der Waals surface area contributed by atoms with Gasteiger partial charge in [-0.3, -0.25) is 19.3 Å². The average molecular weight is 876 g/mol. The third-order valence-electron chi connectivity index (χ3n) is 10.2. The molecule has 0 atom stereocenters. The van der Waals surface area contributed by atoms with Crippen LogP contribution in [-0.4, -0.2) is 68.7 Å². The summed E-state index contributed by atoms with van der Waals surface area (Å²) in [5.74, 6) is 0.118. The Bertz CT molecular complexity index is 1010. The van der Waals surface area contributed by atoms with Crippen molar-refractivity contribution in [3.8, 4) is 0 Å². The molecule has 62 heavy (non-hydrogen) atoms. The van der Waals surface area contributed by atoms with Crippen LogP contribution < -0.4 is 11.1 Å². The van der Waals surface area contributed by atoms with Gasteiger partial charge >= 0.3 is 11.9 Å². The second kappa shape index (κ2) is 56.6. The number of carbonyl (C=O) groups excluding carboxylic acids is 3. The van der Waals surface area contributed by atoms with Crippen LogP contribution in [0.2, 0.25) is 0 Å². The molecule has 0 heterocycles. The highest BCUT2D eigenvalue weighted by molar-refractivity contribution is 5.76. The lowest BCUT2D eigenvalue weighted by Gasteiger charge is -2.22. The summed E-state index contributed by atoms with van der Waals surface area (Å²) in [6, 6.07) is 0. The van der Waals surface area contributed by atoms with Crippen LogP contribution in [0.3, 0.4) is 0 Å². The predicted octanol–water partition coefficient (Wildman–Crippen LogP) is 14.5. The predicted molar refractivity (Wildman–Crippen MR) is 270 cm³/mol. The van der Waals surface area contributed by atoms with Crippen molar-refractivity contribution in [2.24, 2.45) is 11.7 Å². The third-order valence-corrected chi connectivity index (χ3v) is 10.2. The Balaban J connectivity index is -0.00000460. The van der Waals surface area contributed by atoms with Crippen LogP contribution in [0.1, 0.15) is 241 Å². The lowest BCUT2D eigenvalue weighted by molar-refractivity contribution is -0.145. The van der Waals surface area contributed by atoms with Crippen molar-refractivity contribution in [3.63, 3.8) is 0 Å². The lowest BCUT2D eigenvalue weighted by atomic mass is 10.1. The Kier molecular flexibility index (Phi) is 58.2. The molecule has 0 bridgehead atoms. The van der Waals surface area contributed by atoms with Gasteiger partial charge in [-0.05, 0) is 95.9 Å². The number of carbonyl (C=O) groups is 3. The topological polar surface area (TPSA) is 111 Å². The summed E-state index contributed by atoms with van der Waals surface area (Å²) in [6.45, 7) is 18.9. The SMILES string of the molecule is CCC.CCCCC/C=C\C/C=C\CCCCCCCC(=O)OCCN(CCCOC(=O)CCCCCCC/C=C\CCCCCCCC)CCNC(=O)CC(C)C.CCCN. The molecule has 8 nitrogen and oxygen atoms in total. The van der Waals surface area contributed by atoms with E-state index in [4.69, 9.17) is 15.2 Å². The van der Waals surface area contributed by atoms with E-state index < -0.39 is 0 Å². The zero-order valence-corrected chi connectivity index (χ0v) is 42.3. The molecule has 8 heteroatoms. The van der Waals surface area contributed by atoms with E-state index in [1.165, 1.54) is 116 Å². The van der Waals surface area contributed by atoms with Crippen molar-refractivity contribution in [2.45, 2.75) is 241 Å². The Morgan fingerprint density at radius 2 is 0.919 bits per heavy atom. The zero-order chi connectivity index (χ0) is 46.4. The molecule has 0 aliphatic rings. The normalized spacial score (nSPS) is 11.3. The van der Waals surface area contributed by atoms with Gasteiger partial charge in [-0.1, -0.05) is 175 Å². The average Bonchev–Trinajstić information content (AvgIpc) is 3.25. The number of ether oxygens (including phenoxy) is 2. The molecule has 0 aliphatic carbocycles. The minimum Gasteiger partial charge on any atom is -0.466 e. The van der Waals surface area contributed by atoms with E-state index in [0.717, 1.165) is 57.9 Å². The van der Waals surface area contributed by atoms with Crippen LogP contribution in [0.4, 0.5) is 0 Å². The highest BCUT2D eigenvalue weighted by Gasteiger charge is 2.11. The molecule has 366 valence electrons. The highest BCUT2D eigenvalue weighted by atomic mass is 16.5. The Morgan fingerprint density at radius 1 is 0.516 bits per heavy atom. The van der Waals surface area contributed by atoms with Crippen molar-refractivity contribution >= 4 is 17.8 Å². The molecular weight excluding hydrogens is 771 g/mol. The second-order valence-electron chi connectivity index (χ2n) is 17.4. The summed E-state index contributed by atoms with van der Waals surface area (Å²) >= 11 is 0. The van der Waals surface area contributed by atoms with Crippen LogP contribution in [0, 0.1) is 5.92 Å². The minimum absolute atomic E-state index is 0.0586. The third kappa shape index (κ3) is 59.6. The van der Waals surface area contributed by atoms with Gasteiger partial charge in [0.15, 0.2) is 0 Å². The van der Waals surface area contributed by atoms with Crippen molar-refractivity contribution in [1.29, 1.82) is 0 Å². The number of hydrogen-bond donors (Lipinski definition) is 2. The van der Waals surface area contributed by atoms with Crippen molar-refractivity contribution in [1.82, 2.24) is 10.2 Å². The van der Waals surface area contributed by atoms with Gasteiger partial charge in [0.1, 0.15) is 6.61 Å². The summed E-state index contributed by atoms with van der Waals surface area (Å²) in [5.41, 5.74) is 5.03.